The van der Waals surface area contributed by atoms with E-state index in [9.17, 15) is 0 Å². The van der Waals surface area contributed by atoms with Crippen molar-refractivity contribution >= 4 is 38.1 Å². The van der Waals surface area contributed by atoms with Crippen molar-refractivity contribution in [1.82, 2.24) is 0 Å². The summed E-state index contributed by atoms with van der Waals surface area (Å²) in [7, 11) is 0. The standard InChI is InChI=1S/C18H14Br2N2O2/c1-2-7-23-18-16(19)8-13(9-17(18)20)11-22-24-12-15-6-4-3-5-14(15)10-21/h2-6,8-9,11H,1,7,12H2/b22-11+. The van der Waals surface area contributed by atoms with E-state index in [0.717, 1.165) is 20.1 Å². The second kappa shape index (κ2) is 9.26. The fraction of sp³-hybridized carbons (Fsp3) is 0.111. The Morgan fingerprint density at radius 3 is 2.58 bits per heavy atom. The van der Waals surface area contributed by atoms with Crippen LogP contribution in [0.1, 0.15) is 16.7 Å². The van der Waals surface area contributed by atoms with Gasteiger partial charge in [-0.3, -0.25) is 0 Å². The lowest BCUT2D eigenvalue weighted by molar-refractivity contribution is 0.132. The molecule has 0 aromatic heterocycles. The lowest BCUT2D eigenvalue weighted by Gasteiger charge is -2.09. The Morgan fingerprint density at radius 2 is 1.92 bits per heavy atom. The van der Waals surface area contributed by atoms with Crippen LogP contribution in [0.25, 0.3) is 0 Å². The second-order valence-electron chi connectivity index (χ2n) is 4.69. The molecule has 2 aromatic carbocycles. The lowest BCUT2D eigenvalue weighted by Crippen LogP contribution is -1.96. The Balaban J connectivity index is 2.02. The molecule has 0 saturated heterocycles. The summed E-state index contributed by atoms with van der Waals surface area (Å²) in [6, 6.07) is 13.1. The monoisotopic (exact) mass is 448 g/mol. The molecule has 0 amide bonds. The van der Waals surface area contributed by atoms with E-state index in [1.165, 1.54) is 0 Å². The Kier molecular flexibility index (Phi) is 7.04. The molecule has 0 spiro atoms. The molecule has 0 aliphatic carbocycles. The highest BCUT2D eigenvalue weighted by Crippen LogP contribution is 2.34. The Morgan fingerprint density at radius 1 is 1.21 bits per heavy atom. The zero-order valence-corrected chi connectivity index (χ0v) is 15.9. The van der Waals surface area contributed by atoms with E-state index in [1.54, 1.807) is 18.4 Å². The summed E-state index contributed by atoms with van der Waals surface area (Å²) in [4.78, 5) is 5.28. The topological polar surface area (TPSA) is 54.6 Å². The third-order valence-corrected chi connectivity index (χ3v) is 4.18. The van der Waals surface area contributed by atoms with Crippen LogP contribution in [0.2, 0.25) is 0 Å². The van der Waals surface area contributed by atoms with Crippen LogP contribution in [0, 0.1) is 11.3 Å². The van der Waals surface area contributed by atoms with Crippen LogP contribution < -0.4 is 4.74 Å². The van der Waals surface area contributed by atoms with Crippen molar-refractivity contribution in [2.45, 2.75) is 6.61 Å². The van der Waals surface area contributed by atoms with Gasteiger partial charge in [-0.05, 0) is 55.6 Å². The molecule has 4 nitrogen and oxygen atoms in total. The maximum atomic E-state index is 9.03. The molecule has 0 aliphatic rings. The predicted molar refractivity (Wildman–Crippen MR) is 101 cm³/mol. The van der Waals surface area contributed by atoms with Crippen molar-refractivity contribution in [1.29, 1.82) is 5.26 Å². The Labute approximate surface area is 157 Å². The lowest BCUT2D eigenvalue weighted by atomic mass is 10.1. The van der Waals surface area contributed by atoms with Crippen molar-refractivity contribution in [3.05, 3.63) is 74.7 Å². The van der Waals surface area contributed by atoms with Gasteiger partial charge in [0.25, 0.3) is 0 Å². The molecular formula is C18H14Br2N2O2. The number of hydrogen-bond acceptors (Lipinski definition) is 4. The minimum Gasteiger partial charge on any atom is -0.487 e. The van der Waals surface area contributed by atoms with Crippen LogP contribution in [0.3, 0.4) is 0 Å². The molecule has 0 aliphatic heterocycles. The number of benzene rings is 2. The highest BCUT2D eigenvalue weighted by atomic mass is 79.9. The summed E-state index contributed by atoms with van der Waals surface area (Å²) in [5.41, 5.74) is 2.22. The van der Waals surface area contributed by atoms with Crippen molar-refractivity contribution in [3.63, 3.8) is 0 Å². The van der Waals surface area contributed by atoms with Gasteiger partial charge in [-0.2, -0.15) is 5.26 Å². The molecule has 2 aromatic rings. The average Bonchev–Trinajstić information content (AvgIpc) is 2.58. The van der Waals surface area contributed by atoms with Crippen molar-refractivity contribution < 1.29 is 9.57 Å². The van der Waals surface area contributed by atoms with Gasteiger partial charge in [-0.25, -0.2) is 0 Å². The van der Waals surface area contributed by atoms with Gasteiger partial charge < -0.3 is 9.57 Å². The predicted octanol–water partition coefficient (Wildman–Crippen LogP) is 5.20. The van der Waals surface area contributed by atoms with E-state index in [0.29, 0.717) is 17.9 Å². The van der Waals surface area contributed by atoms with Crippen LogP contribution in [-0.4, -0.2) is 12.8 Å². The Hall–Kier alpha value is -2.10. The van der Waals surface area contributed by atoms with Crippen LogP contribution in [-0.2, 0) is 11.4 Å². The zero-order valence-electron chi connectivity index (χ0n) is 12.7. The van der Waals surface area contributed by atoms with Gasteiger partial charge in [0.2, 0.25) is 0 Å². The minimum atomic E-state index is 0.239. The quantitative estimate of drug-likeness (QED) is 0.331. The van der Waals surface area contributed by atoms with Crippen molar-refractivity contribution in [3.8, 4) is 11.8 Å². The normalized spacial score (nSPS) is 10.4. The summed E-state index contributed by atoms with van der Waals surface area (Å²) in [5.74, 6) is 0.705. The molecule has 2 rings (SSSR count). The average molecular weight is 450 g/mol. The first-order chi connectivity index (χ1) is 11.7. The third-order valence-electron chi connectivity index (χ3n) is 3.00. The highest BCUT2D eigenvalue weighted by molar-refractivity contribution is 9.11. The fourth-order valence-corrected chi connectivity index (χ4v) is 3.35. The van der Waals surface area contributed by atoms with Gasteiger partial charge in [0, 0.05) is 5.56 Å². The summed E-state index contributed by atoms with van der Waals surface area (Å²) in [5, 5.41) is 13.0. The van der Waals surface area contributed by atoms with E-state index in [1.807, 2.05) is 30.3 Å². The number of oxime groups is 1. The van der Waals surface area contributed by atoms with Crippen LogP contribution >= 0.6 is 31.9 Å². The van der Waals surface area contributed by atoms with Crippen LogP contribution in [0.4, 0.5) is 0 Å². The number of ether oxygens (including phenoxy) is 1. The smallest absolute Gasteiger partial charge is 0.148 e. The molecule has 0 unspecified atom stereocenters. The summed E-state index contributed by atoms with van der Waals surface area (Å²) < 4.78 is 7.16. The zero-order chi connectivity index (χ0) is 17.4. The second-order valence-corrected chi connectivity index (χ2v) is 6.40. The van der Waals surface area contributed by atoms with E-state index < -0.39 is 0 Å². The largest absolute Gasteiger partial charge is 0.487 e. The van der Waals surface area contributed by atoms with Crippen molar-refractivity contribution in [2.24, 2.45) is 5.16 Å². The summed E-state index contributed by atoms with van der Waals surface area (Å²) in [6.45, 7) is 4.29. The minimum absolute atomic E-state index is 0.239. The number of hydrogen-bond donors (Lipinski definition) is 0. The fourth-order valence-electron chi connectivity index (χ4n) is 1.89. The molecule has 0 fully saturated rings. The molecular weight excluding hydrogens is 436 g/mol. The van der Waals surface area contributed by atoms with Gasteiger partial charge >= 0.3 is 0 Å². The first-order valence-corrected chi connectivity index (χ1v) is 8.60. The molecule has 24 heavy (non-hydrogen) atoms. The molecule has 0 saturated carbocycles. The summed E-state index contributed by atoms with van der Waals surface area (Å²) in [6.07, 6.45) is 3.28. The summed E-state index contributed by atoms with van der Waals surface area (Å²) >= 11 is 6.93. The molecule has 0 radical (unpaired) electrons. The van der Waals surface area contributed by atoms with E-state index >= 15 is 0 Å². The number of nitriles is 1. The molecule has 0 heterocycles. The van der Waals surface area contributed by atoms with Crippen LogP contribution in [0.5, 0.6) is 5.75 Å². The van der Waals surface area contributed by atoms with E-state index in [2.05, 4.69) is 49.7 Å². The van der Waals surface area contributed by atoms with Gasteiger partial charge in [-0.1, -0.05) is 36.0 Å². The van der Waals surface area contributed by atoms with Crippen molar-refractivity contribution in [2.75, 3.05) is 6.61 Å². The van der Waals surface area contributed by atoms with Gasteiger partial charge in [0.05, 0.1) is 26.8 Å². The molecule has 0 bridgehead atoms. The maximum Gasteiger partial charge on any atom is 0.148 e. The highest BCUT2D eigenvalue weighted by Gasteiger charge is 2.08. The van der Waals surface area contributed by atoms with Gasteiger partial charge in [0.1, 0.15) is 19.0 Å². The molecule has 0 N–H and O–H groups in total. The SMILES string of the molecule is C=CCOc1c(Br)cc(/C=N/OCc2ccccc2C#N)cc1Br. The number of rotatable bonds is 7. The third kappa shape index (κ3) is 4.95. The van der Waals surface area contributed by atoms with Gasteiger partial charge in [0.15, 0.2) is 0 Å². The molecule has 6 heteroatoms. The van der Waals surface area contributed by atoms with E-state index in [-0.39, 0.29) is 6.61 Å². The number of halogens is 2. The molecule has 122 valence electrons. The van der Waals surface area contributed by atoms with Crippen LogP contribution in [0.15, 0.2) is 63.2 Å². The van der Waals surface area contributed by atoms with E-state index in [4.69, 9.17) is 14.8 Å². The first-order valence-electron chi connectivity index (χ1n) is 7.01. The Bertz CT molecular complexity index is 775. The molecule has 0 atom stereocenters. The number of nitrogens with zero attached hydrogens (tertiary/aromatic N) is 2. The maximum absolute atomic E-state index is 9.03. The first kappa shape index (κ1) is 18.2. The van der Waals surface area contributed by atoms with Gasteiger partial charge in [-0.15, -0.1) is 0 Å².